The number of nitrogens with zero attached hydrogens (tertiary/aromatic N) is 1. The molecule has 1 aliphatic rings. The smallest absolute Gasteiger partial charge is 0.444 e. The number of ether oxygens (including phenoxy) is 1. The van der Waals surface area contributed by atoms with Crippen molar-refractivity contribution in [3.05, 3.63) is 47.0 Å². The van der Waals surface area contributed by atoms with Crippen LogP contribution in [0.3, 0.4) is 0 Å². The lowest BCUT2D eigenvalue weighted by Gasteiger charge is -2.43. The third kappa shape index (κ3) is 8.26. The highest BCUT2D eigenvalue weighted by atomic mass is 19.4. The first kappa shape index (κ1) is 33.2. The van der Waals surface area contributed by atoms with Crippen LogP contribution in [-0.4, -0.2) is 41.5 Å². The van der Waals surface area contributed by atoms with E-state index in [1.54, 1.807) is 33.8 Å². The second-order valence-electron chi connectivity index (χ2n) is 13.2. The lowest BCUT2D eigenvalue weighted by molar-refractivity contribution is -0.137. The molecule has 9 heteroatoms. The van der Waals surface area contributed by atoms with Gasteiger partial charge in [-0.3, -0.25) is 4.90 Å². The van der Waals surface area contributed by atoms with Gasteiger partial charge in [0.2, 0.25) is 0 Å². The summed E-state index contributed by atoms with van der Waals surface area (Å²) in [4.78, 5) is 15.3. The zero-order valence-electron chi connectivity index (χ0n) is 25.6. The van der Waals surface area contributed by atoms with Crippen LogP contribution in [0.15, 0.2) is 35.9 Å². The quantitative estimate of drug-likeness (QED) is 0.227. The Labute approximate surface area is 233 Å². The topological polar surface area (TPSA) is 48.0 Å². The van der Waals surface area contributed by atoms with Crippen molar-refractivity contribution in [1.29, 1.82) is 0 Å². The lowest BCUT2D eigenvalue weighted by Crippen LogP contribution is -2.59. The second-order valence-corrected chi connectivity index (χ2v) is 13.2. The minimum absolute atomic E-state index is 0.252. The number of carbonyl (C=O) groups excluding carboxylic acids is 1. The summed E-state index contributed by atoms with van der Waals surface area (Å²) in [6.07, 6.45) is -0.539. The monoisotopic (exact) mass is 553 g/mol. The summed E-state index contributed by atoms with van der Waals surface area (Å²) in [5.74, 6) is 0.259. The fourth-order valence-electron chi connectivity index (χ4n) is 4.48. The molecule has 1 aromatic rings. The maximum atomic E-state index is 13.8. The molecule has 1 aromatic carbocycles. The molecule has 0 spiro atoms. The first-order valence-electron chi connectivity index (χ1n) is 13.8. The van der Waals surface area contributed by atoms with E-state index in [4.69, 9.17) is 14.0 Å². The second kappa shape index (κ2) is 11.9. The van der Waals surface area contributed by atoms with Gasteiger partial charge < -0.3 is 14.0 Å². The highest BCUT2D eigenvalue weighted by Crippen LogP contribution is 2.46. The Morgan fingerprint density at radius 2 is 1.56 bits per heavy atom. The third-order valence-electron chi connectivity index (χ3n) is 7.72. The zero-order valence-corrected chi connectivity index (χ0v) is 25.6. The first-order chi connectivity index (χ1) is 17.6. The van der Waals surface area contributed by atoms with Gasteiger partial charge in [-0.2, -0.15) is 13.2 Å². The fourth-order valence-corrected chi connectivity index (χ4v) is 4.48. The lowest BCUT2D eigenvalue weighted by atomic mass is 9.60. The van der Waals surface area contributed by atoms with E-state index in [-0.39, 0.29) is 18.0 Å². The predicted octanol–water partition coefficient (Wildman–Crippen LogP) is 8.56. The molecule has 39 heavy (non-hydrogen) atoms. The van der Waals surface area contributed by atoms with Crippen molar-refractivity contribution in [3.8, 4) is 0 Å². The minimum atomic E-state index is -4.55. The summed E-state index contributed by atoms with van der Waals surface area (Å²) in [5.41, 5.74) is -3.06. The standard InChI is InChI=1S/C30H47BF3NO4/c1-21(2)14-12-15-22(3)18-19-35(25(36)37-26(4,5)6)29(11,31-38-27(7,8)28(9,10)39-31)23-16-13-17-24(20-23)30(32,33)34/h13-14,16-17,20,22H,12,15,18-19H2,1-11H3. The molecule has 5 nitrogen and oxygen atoms in total. The molecule has 220 valence electrons. The number of amides is 1. The molecule has 2 atom stereocenters. The van der Waals surface area contributed by atoms with Gasteiger partial charge in [0.15, 0.2) is 0 Å². The molecule has 1 amide bonds. The maximum Gasteiger partial charge on any atom is 0.490 e. The summed E-state index contributed by atoms with van der Waals surface area (Å²) in [5, 5.41) is 0. The van der Waals surface area contributed by atoms with Gasteiger partial charge in [0.25, 0.3) is 0 Å². The first-order valence-corrected chi connectivity index (χ1v) is 13.8. The van der Waals surface area contributed by atoms with E-state index in [0.717, 1.165) is 25.0 Å². The van der Waals surface area contributed by atoms with Crippen LogP contribution in [0.2, 0.25) is 0 Å². The summed E-state index contributed by atoms with van der Waals surface area (Å²) >= 11 is 0. The van der Waals surface area contributed by atoms with Crippen molar-refractivity contribution >= 4 is 13.2 Å². The molecule has 1 saturated heterocycles. The van der Waals surface area contributed by atoms with Gasteiger partial charge in [0.1, 0.15) is 11.0 Å². The van der Waals surface area contributed by atoms with Gasteiger partial charge in [-0.15, -0.1) is 0 Å². The number of hydrogen-bond acceptors (Lipinski definition) is 4. The van der Waals surface area contributed by atoms with Gasteiger partial charge in [-0.05, 0) is 112 Å². The molecule has 0 saturated carbocycles. The third-order valence-corrected chi connectivity index (χ3v) is 7.72. The molecule has 0 radical (unpaired) electrons. The molecular formula is C30H47BF3NO4. The van der Waals surface area contributed by atoms with Crippen LogP contribution in [0, 0.1) is 5.92 Å². The molecule has 0 N–H and O–H groups in total. The van der Waals surface area contributed by atoms with Crippen LogP contribution >= 0.6 is 0 Å². The van der Waals surface area contributed by atoms with Crippen molar-refractivity contribution in [3.63, 3.8) is 0 Å². The molecule has 0 aliphatic carbocycles. The van der Waals surface area contributed by atoms with Gasteiger partial charge >= 0.3 is 19.4 Å². The molecule has 1 heterocycles. The Bertz CT molecular complexity index is 1010. The van der Waals surface area contributed by atoms with Gasteiger partial charge in [-0.1, -0.05) is 30.7 Å². The van der Waals surface area contributed by atoms with Crippen LogP contribution < -0.4 is 0 Å². The van der Waals surface area contributed by atoms with E-state index < -0.39 is 47.2 Å². The summed E-state index contributed by atoms with van der Waals surface area (Å²) in [6.45, 7) is 21.0. The van der Waals surface area contributed by atoms with E-state index in [1.165, 1.54) is 16.5 Å². The number of rotatable bonds is 9. The van der Waals surface area contributed by atoms with E-state index in [0.29, 0.717) is 6.42 Å². The predicted molar refractivity (Wildman–Crippen MR) is 150 cm³/mol. The Morgan fingerprint density at radius 1 is 1.03 bits per heavy atom. The van der Waals surface area contributed by atoms with Gasteiger partial charge in [-0.25, -0.2) is 4.79 Å². The number of alkyl halides is 3. The molecule has 2 rings (SSSR count). The summed E-state index contributed by atoms with van der Waals surface area (Å²) in [6, 6.07) is 5.06. The average molecular weight is 554 g/mol. The largest absolute Gasteiger partial charge is 0.490 e. The zero-order chi connectivity index (χ0) is 30.0. The molecule has 1 fully saturated rings. The number of hydrogen-bond donors (Lipinski definition) is 0. The van der Waals surface area contributed by atoms with Crippen LogP contribution in [0.1, 0.15) is 107 Å². The van der Waals surface area contributed by atoms with Crippen molar-refractivity contribution in [2.75, 3.05) is 6.54 Å². The van der Waals surface area contributed by atoms with Gasteiger partial charge in [0, 0.05) is 6.54 Å². The molecule has 0 bridgehead atoms. The minimum Gasteiger partial charge on any atom is -0.444 e. The van der Waals surface area contributed by atoms with Gasteiger partial charge in [0.05, 0.1) is 16.8 Å². The van der Waals surface area contributed by atoms with E-state index in [2.05, 4.69) is 26.8 Å². The number of halogens is 3. The Balaban J connectivity index is 2.63. The van der Waals surface area contributed by atoms with E-state index >= 15 is 0 Å². The summed E-state index contributed by atoms with van der Waals surface area (Å²) in [7, 11) is -1.04. The van der Waals surface area contributed by atoms with Crippen LogP contribution in [0.25, 0.3) is 0 Å². The molecule has 1 aliphatic heterocycles. The normalized spacial score (nSPS) is 19.3. The van der Waals surface area contributed by atoms with Crippen molar-refractivity contribution < 1.29 is 32.0 Å². The highest BCUT2D eigenvalue weighted by Gasteiger charge is 2.62. The average Bonchev–Trinajstić information content (AvgIpc) is 2.98. The van der Waals surface area contributed by atoms with Crippen LogP contribution in [0.4, 0.5) is 18.0 Å². The maximum absolute atomic E-state index is 13.8. The molecule has 2 unspecified atom stereocenters. The fraction of sp³-hybridized carbons (Fsp3) is 0.700. The van der Waals surface area contributed by atoms with Crippen molar-refractivity contribution in [2.45, 2.75) is 124 Å². The summed E-state index contributed by atoms with van der Waals surface area (Å²) < 4.78 is 60.1. The SMILES string of the molecule is CC(C)=CCCC(C)CCN(C(=O)OC(C)(C)C)C(C)(B1OC(C)(C)C(C)(C)O1)c1cccc(C(F)(F)F)c1. The highest BCUT2D eigenvalue weighted by molar-refractivity contribution is 6.49. The molecular weight excluding hydrogens is 506 g/mol. The van der Waals surface area contributed by atoms with Crippen molar-refractivity contribution in [1.82, 2.24) is 4.90 Å². The van der Waals surface area contributed by atoms with Crippen molar-refractivity contribution in [2.24, 2.45) is 5.92 Å². The van der Waals surface area contributed by atoms with Crippen LogP contribution in [-0.2, 0) is 25.7 Å². The Morgan fingerprint density at radius 3 is 2.05 bits per heavy atom. The van der Waals surface area contributed by atoms with Crippen LogP contribution in [0.5, 0.6) is 0 Å². The number of carbonyl (C=O) groups is 1. The molecule has 0 aromatic heterocycles. The number of allylic oxidation sites excluding steroid dienone is 2. The Hall–Kier alpha value is -2.00. The van der Waals surface area contributed by atoms with E-state index in [9.17, 15) is 18.0 Å². The number of benzene rings is 1. The van der Waals surface area contributed by atoms with E-state index in [1.807, 2.05) is 27.7 Å². The Kier molecular flexibility index (Phi) is 10.1.